The van der Waals surface area contributed by atoms with Gasteiger partial charge in [-0.15, -0.1) is 0 Å². The van der Waals surface area contributed by atoms with Crippen LogP contribution in [0.1, 0.15) is 28.8 Å². The topological polar surface area (TPSA) is 32.3 Å². The zero-order valence-electron chi connectivity index (χ0n) is 10.9. The van der Waals surface area contributed by atoms with E-state index in [0.29, 0.717) is 12.0 Å². The van der Waals surface area contributed by atoms with Crippen molar-refractivity contribution in [2.24, 2.45) is 5.92 Å². The number of benzene rings is 1. The van der Waals surface area contributed by atoms with Crippen molar-refractivity contribution >= 4 is 5.91 Å². The van der Waals surface area contributed by atoms with Gasteiger partial charge in [0.2, 0.25) is 0 Å². The first-order valence-electron chi connectivity index (χ1n) is 6.82. The molecule has 3 aliphatic rings. The summed E-state index contributed by atoms with van der Waals surface area (Å²) in [4.78, 5) is 14.6. The number of hydrogen-bond donors (Lipinski definition) is 1. The lowest BCUT2D eigenvalue weighted by molar-refractivity contribution is 0.0620. The van der Waals surface area contributed by atoms with Gasteiger partial charge in [0.15, 0.2) is 0 Å². The fourth-order valence-corrected chi connectivity index (χ4v) is 3.09. The number of aryl methyl sites for hydroxylation is 1. The third kappa shape index (κ3) is 2.27. The van der Waals surface area contributed by atoms with Crippen LogP contribution in [-0.4, -0.2) is 36.5 Å². The molecule has 4 rings (SSSR count). The van der Waals surface area contributed by atoms with E-state index in [4.69, 9.17) is 0 Å². The van der Waals surface area contributed by atoms with Crippen molar-refractivity contribution in [3.8, 4) is 0 Å². The highest BCUT2D eigenvalue weighted by Crippen LogP contribution is 2.27. The van der Waals surface area contributed by atoms with Crippen molar-refractivity contribution in [1.82, 2.24) is 10.2 Å². The Hall–Kier alpha value is -1.35. The molecule has 1 N–H and O–H groups in total. The van der Waals surface area contributed by atoms with E-state index in [-0.39, 0.29) is 5.91 Å². The first-order valence-corrected chi connectivity index (χ1v) is 6.82. The summed E-state index contributed by atoms with van der Waals surface area (Å²) in [7, 11) is 0. The number of carbonyl (C=O) groups is 1. The van der Waals surface area contributed by atoms with Gasteiger partial charge < -0.3 is 10.2 Å². The van der Waals surface area contributed by atoms with Gasteiger partial charge in [0.1, 0.15) is 0 Å². The molecular weight excluding hydrogens is 224 g/mol. The lowest BCUT2D eigenvalue weighted by Gasteiger charge is -2.44. The second-order valence-electron chi connectivity index (χ2n) is 5.58. The van der Waals surface area contributed by atoms with Crippen LogP contribution < -0.4 is 5.32 Å². The van der Waals surface area contributed by atoms with Crippen LogP contribution >= 0.6 is 0 Å². The van der Waals surface area contributed by atoms with Crippen LogP contribution in [0.4, 0.5) is 0 Å². The predicted octanol–water partition coefficient (Wildman–Crippen LogP) is 1.82. The number of nitrogens with one attached hydrogen (secondary N) is 1. The number of piperidine rings is 3. The molecule has 0 aliphatic carbocycles. The van der Waals surface area contributed by atoms with E-state index < -0.39 is 0 Å². The van der Waals surface area contributed by atoms with Crippen LogP contribution in [0.2, 0.25) is 0 Å². The fourth-order valence-electron chi connectivity index (χ4n) is 3.09. The summed E-state index contributed by atoms with van der Waals surface area (Å²) in [5, 5.41) is 3.21. The molecule has 0 saturated carbocycles. The molecule has 0 aromatic heterocycles. The molecule has 3 heterocycles. The predicted molar refractivity (Wildman–Crippen MR) is 71.6 cm³/mol. The Morgan fingerprint density at radius 2 is 1.89 bits per heavy atom. The largest absolute Gasteiger partial charge is 0.348 e. The Morgan fingerprint density at radius 3 is 2.44 bits per heavy atom. The Balaban J connectivity index is 1.66. The number of rotatable bonds is 2. The summed E-state index contributed by atoms with van der Waals surface area (Å²) in [6.07, 6.45) is 2.47. The molecule has 3 nitrogen and oxygen atoms in total. The Bertz CT molecular complexity index is 432. The summed E-state index contributed by atoms with van der Waals surface area (Å²) < 4.78 is 0. The van der Waals surface area contributed by atoms with Gasteiger partial charge in [0.05, 0.1) is 0 Å². The van der Waals surface area contributed by atoms with E-state index in [9.17, 15) is 4.79 Å². The maximum atomic E-state index is 12.2. The standard InChI is InChI=1S/C15H20N2O/c1-11-2-4-13(5-3-11)15(18)16-14-10-17-8-6-12(14)7-9-17/h2-5,12,14H,6-10H2,1H3,(H,16,18)/t14-/m0/s1. The number of nitrogens with zero attached hydrogens (tertiary/aromatic N) is 1. The molecule has 18 heavy (non-hydrogen) atoms. The smallest absolute Gasteiger partial charge is 0.251 e. The van der Waals surface area contributed by atoms with Crippen molar-refractivity contribution in [2.75, 3.05) is 19.6 Å². The Labute approximate surface area is 108 Å². The molecule has 3 fully saturated rings. The average molecular weight is 244 g/mol. The van der Waals surface area contributed by atoms with E-state index in [1.54, 1.807) is 0 Å². The Kier molecular flexibility index (Phi) is 3.08. The number of fused-ring (bicyclic) bond motifs is 3. The van der Waals surface area contributed by atoms with Crippen molar-refractivity contribution in [3.05, 3.63) is 35.4 Å². The van der Waals surface area contributed by atoms with Gasteiger partial charge in [-0.25, -0.2) is 0 Å². The lowest BCUT2D eigenvalue weighted by atomic mass is 9.84. The van der Waals surface area contributed by atoms with Crippen molar-refractivity contribution < 1.29 is 4.79 Å². The summed E-state index contributed by atoms with van der Waals surface area (Å²) in [6, 6.07) is 8.15. The summed E-state index contributed by atoms with van der Waals surface area (Å²) in [6.45, 7) is 5.49. The lowest BCUT2D eigenvalue weighted by Crippen LogP contribution is -2.57. The third-order valence-corrected chi connectivity index (χ3v) is 4.29. The SMILES string of the molecule is Cc1ccc(C(=O)N[C@H]2CN3CCC2CC3)cc1. The summed E-state index contributed by atoms with van der Waals surface area (Å²) in [5.41, 5.74) is 1.96. The molecule has 0 unspecified atom stereocenters. The third-order valence-electron chi connectivity index (χ3n) is 4.29. The van der Waals surface area contributed by atoms with Crippen molar-refractivity contribution in [2.45, 2.75) is 25.8 Å². The van der Waals surface area contributed by atoms with Gasteiger partial charge >= 0.3 is 0 Å². The molecule has 0 spiro atoms. The van der Waals surface area contributed by atoms with Gasteiger partial charge in [-0.3, -0.25) is 4.79 Å². The molecule has 3 saturated heterocycles. The number of hydrogen-bond acceptors (Lipinski definition) is 2. The molecule has 3 aliphatic heterocycles. The minimum absolute atomic E-state index is 0.0775. The highest BCUT2D eigenvalue weighted by molar-refractivity contribution is 5.94. The van der Waals surface area contributed by atoms with Crippen molar-refractivity contribution in [1.29, 1.82) is 0 Å². The van der Waals surface area contributed by atoms with Crippen LogP contribution in [0.3, 0.4) is 0 Å². The van der Waals surface area contributed by atoms with E-state index >= 15 is 0 Å². The van der Waals surface area contributed by atoms with Crippen molar-refractivity contribution in [3.63, 3.8) is 0 Å². The highest BCUT2D eigenvalue weighted by atomic mass is 16.1. The van der Waals surface area contributed by atoms with Gasteiger partial charge in [-0.1, -0.05) is 17.7 Å². The van der Waals surface area contributed by atoms with E-state index in [1.165, 1.54) is 31.5 Å². The maximum Gasteiger partial charge on any atom is 0.251 e. The van der Waals surface area contributed by atoms with Crippen LogP contribution in [0, 0.1) is 12.8 Å². The second-order valence-corrected chi connectivity index (χ2v) is 5.58. The molecule has 96 valence electrons. The quantitative estimate of drug-likeness (QED) is 0.860. The molecule has 0 radical (unpaired) electrons. The molecule has 3 heteroatoms. The van der Waals surface area contributed by atoms with Crippen LogP contribution in [-0.2, 0) is 0 Å². The highest BCUT2D eigenvalue weighted by Gasteiger charge is 2.34. The minimum Gasteiger partial charge on any atom is -0.348 e. The first-order chi connectivity index (χ1) is 8.72. The van der Waals surface area contributed by atoms with Gasteiger partial charge in [-0.05, 0) is 50.9 Å². The second kappa shape index (κ2) is 4.73. The molecule has 1 amide bonds. The zero-order chi connectivity index (χ0) is 12.5. The first kappa shape index (κ1) is 11.7. The molecule has 1 atom stereocenters. The normalized spacial score (nSPS) is 30.2. The summed E-state index contributed by atoms with van der Waals surface area (Å²) in [5.74, 6) is 0.762. The average Bonchev–Trinajstić information content (AvgIpc) is 2.41. The van der Waals surface area contributed by atoms with E-state index in [0.717, 1.165) is 12.1 Å². The van der Waals surface area contributed by atoms with E-state index in [2.05, 4.69) is 10.2 Å². The number of amides is 1. The maximum absolute atomic E-state index is 12.2. The Morgan fingerprint density at radius 1 is 1.22 bits per heavy atom. The van der Waals surface area contributed by atoms with Crippen LogP contribution in [0.25, 0.3) is 0 Å². The number of carbonyl (C=O) groups excluding carboxylic acids is 1. The van der Waals surface area contributed by atoms with Gasteiger partial charge in [0.25, 0.3) is 5.91 Å². The summed E-state index contributed by atoms with van der Waals surface area (Å²) >= 11 is 0. The molecule has 2 bridgehead atoms. The minimum atomic E-state index is 0.0775. The van der Waals surface area contributed by atoms with Crippen LogP contribution in [0.15, 0.2) is 24.3 Å². The monoisotopic (exact) mass is 244 g/mol. The molecular formula is C15H20N2O. The van der Waals surface area contributed by atoms with Gasteiger partial charge in [0, 0.05) is 18.2 Å². The van der Waals surface area contributed by atoms with Gasteiger partial charge in [-0.2, -0.15) is 0 Å². The van der Waals surface area contributed by atoms with E-state index in [1.807, 2.05) is 31.2 Å². The van der Waals surface area contributed by atoms with Crippen LogP contribution in [0.5, 0.6) is 0 Å². The fraction of sp³-hybridized carbons (Fsp3) is 0.533. The zero-order valence-corrected chi connectivity index (χ0v) is 10.9. The molecule has 1 aromatic carbocycles. The molecule has 1 aromatic rings.